The molecular weight excluding hydrogens is 188 g/mol. The van der Waals surface area contributed by atoms with E-state index in [0.29, 0.717) is 6.61 Å². The molecule has 2 nitrogen and oxygen atoms in total. The molecule has 86 valence electrons. The van der Waals surface area contributed by atoms with Gasteiger partial charge in [0.2, 0.25) is 0 Å². The van der Waals surface area contributed by atoms with Crippen molar-refractivity contribution in [2.45, 2.75) is 40.0 Å². The lowest BCUT2D eigenvalue weighted by atomic mass is 9.97. The second-order valence-corrected chi connectivity index (χ2v) is 4.54. The normalized spacial score (nSPS) is 11.7. The van der Waals surface area contributed by atoms with Crippen molar-refractivity contribution < 1.29 is 9.53 Å². The Bertz CT molecular complexity index is 221. The van der Waals surface area contributed by atoms with Crippen LogP contribution in [-0.4, -0.2) is 12.6 Å². The molecule has 0 spiro atoms. The molecule has 0 saturated heterocycles. The van der Waals surface area contributed by atoms with Gasteiger partial charge in [0.15, 0.2) is 0 Å². The van der Waals surface area contributed by atoms with Crippen molar-refractivity contribution in [2.75, 3.05) is 6.61 Å². The van der Waals surface area contributed by atoms with Gasteiger partial charge in [0.1, 0.15) is 6.61 Å². The highest BCUT2D eigenvalue weighted by Gasteiger charge is 2.22. The van der Waals surface area contributed by atoms with E-state index in [1.807, 2.05) is 39.0 Å². The van der Waals surface area contributed by atoms with Crippen molar-refractivity contribution in [3.05, 3.63) is 24.8 Å². The Morgan fingerprint density at radius 3 is 2.47 bits per heavy atom. The Morgan fingerprint density at radius 2 is 1.93 bits per heavy atom. The Hall–Kier alpha value is -1.05. The number of unbranched alkanes of at least 4 members (excludes halogenated alkanes) is 2. The molecule has 0 aliphatic carbocycles. The van der Waals surface area contributed by atoms with Gasteiger partial charge in [-0.2, -0.15) is 0 Å². The molecule has 0 aromatic heterocycles. The monoisotopic (exact) mass is 210 g/mol. The van der Waals surface area contributed by atoms with Crippen molar-refractivity contribution in [2.24, 2.45) is 5.41 Å². The first-order valence-electron chi connectivity index (χ1n) is 5.41. The summed E-state index contributed by atoms with van der Waals surface area (Å²) in [5, 5.41) is 0. The molecule has 0 aliphatic heterocycles. The molecule has 0 atom stereocenters. The second-order valence-electron chi connectivity index (χ2n) is 4.54. The third-order valence-corrected chi connectivity index (χ3v) is 1.87. The molecule has 0 radical (unpaired) electrons. The molecule has 0 aromatic carbocycles. The van der Waals surface area contributed by atoms with Gasteiger partial charge in [-0.05, 0) is 40.0 Å². The first-order valence-corrected chi connectivity index (χ1v) is 5.41. The number of ether oxygens (including phenoxy) is 1. The Balaban J connectivity index is 3.53. The van der Waals surface area contributed by atoms with Crippen molar-refractivity contribution in [3.63, 3.8) is 0 Å². The third-order valence-electron chi connectivity index (χ3n) is 1.87. The zero-order valence-electron chi connectivity index (χ0n) is 10.1. The predicted octanol–water partition coefficient (Wildman–Crippen LogP) is 3.49. The minimum Gasteiger partial charge on any atom is -0.461 e. The number of rotatable bonds is 6. The Labute approximate surface area is 93.0 Å². The Kier molecular flexibility index (Phi) is 6.76. The van der Waals surface area contributed by atoms with Crippen LogP contribution in [0.4, 0.5) is 0 Å². The molecule has 0 amide bonds. The van der Waals surface area contributed by atoms with Gasteiger partial charge in [-0.1, -0.05) is 18.2 Å². The highest BCUT2D eigenvalue weighted by Crippen LogP contribution is 2.14. The molecule has 2 heteroatoms. The van der Waals surface area contributed by atoms with E-state index < -0.39 is 5.41 Å². The Morgan fingerprint density at radius 1 is 1.27 bits per heavy atom. The number of carbonyl (C=O) groups excluding carboxylic acids is 1. The van der Waals surface area contributed by atoms with E-state index >= 15 is 0 Å². The lowest BCUT2D eigenvalue weighted by Gasteiger charge is -2.15. The molecule has 15 heavy (non-hydrogen) atoms. The van der Waals surface area contributed by atoms with Gasteiger partial charge in [-0.15, -0.1) is 6.58 Å². The second kappa shape index (κ2) is 7.27. The minimum atomic E-state index is -0.406. The van der Waals surface area contributed by atoms with E-state index in [1.165, 1.54) is 0 Å². The van der Waals surface area contributed by atoms with Crippen molar-refractivity contribution >= 4 is 5.97 Å². The molecular formula is C13H22O2. The molecule has 0 fully saturated rings. The van der Waals surface area contributed by atoms with Crippen LogP contribution in [0.25, 0.3) is 0 Å². The van der Waals surface area contributed by atoms with Crippen LogP contribution in [0.5, 0.6) is 0 Å². The van der Waals surface area contributed by atoms with Crippen LogP contribution in [0, 0.1) is 5.41 Å². The SMILES string of the molecule is C=CCCCC=CCOC(=O)C(C)(C)C. The smallest absolute Gasteiger partial charge is 0.311 e. The van der Waals surface area contributed by atoms with E-state index in [2.05, 4.69) is 6.58 Å². The maximum Gasteiger partial charge on any atom is 0.311 e. The summed E-state index contributed by atoms with van der Waals surface area (Å²) < 4.78 is 5.07. The quantitative estimate of drug-likeness (QED) is 0.381. The largest absolute Gasteiger partial charge is 0.461 e. The molecule has 0 aromatic rings. The van der Waals surface area contributed by atoms with E-state index in [-0.39, 0.29) is 5.97 Å². The average molecular weight is 210 g/mol. The van der Waals surface area contributed by atoms with Crippen LogP contribution >= 0.6 is 0 Å². The molecule has 0 N–H and O–H groups in total. The highest BCUT2D eigenvalue weighted by molar-refractivity contribution is 5.75. The molecule has 0 rings (SSSR count). The maximum atomic E-state index is 11.3. The zero-order valence-corrected chi connectivity index (χ0v) is 10.1. The summed E-state index contributed by atoms with van der Waals surface area (Å²) >= 11 is 0. The van der Waals surface area contributed by atoms with E-state index in [4.69, 9.17) is 4.74 Å². The van der Waals surface area contributed by atoms with Gasteiger partial charge in [-0.3, -0.25) is 4.79 Å². The van der Waals surface area contributed by atoms with Gasteiger partial charge in [0.25, 0.3) is 0 Å². The number of hydrogen-bond donors (Lipinski definition) is 0. The maximum absolute atomic E-state index is 11.3. The fourth-order valence-electron chi connectivity index (χ4n) is 0.906. The summed E-state index contributed by atoms with van der Waals surface area (Å²) in [5.41, 5.74) is -0.406. The van der Waals surface area contributed by atoms with Crippen LogP contribution in [0.1, 0.15) is 40.0 Å². The molecule has 0 heterocycles. The van der Waals surface area contributed by atoms with Gasteiger partial charge in [0, 0.05) is 0 Å². The van der Waals surface area contributed by atoms with Crippen LogP contribution in [-0.2, 0) is 9.53 Å². The summed E-state index contributed by atoms with van der Waals surface area (Å²) in [5.74, 6) is -0.154. The van der Waals surface area contributed by atoms with Crippen LogP contribution in [0.15, 0.2) is 24.8 Å². The molecule has 0 saturated carbocycles. The van der Waals surface area contributed by atoms with Crippen LogP contribution in [0.3, 0.4) is 0 Å². The summed E-state index contributed by atoms with van der Waals surface area (Å²) in [6.07, 6.45) is 9.00. The minimum absolute atomic E-state index is 0.154. The fraction of sp³-hybridized carbons (Fsp3) is 0.615. The summed E-state index contributed by atoms with van der Waals surface area (Å²) in [7, 11) is 0. The summed E-state index contributed by atoms with van der Waals surface area (Å²) in [4.78, 5) is 11.3. The highest BCUT2D eigenvalue weighted by atomic mass is 16.5. The first kappa shape index (κ1) is 13.9. The fourth-order valence-corrected chi connectivity index (χ4v) is 0.906. The topological polar surface area (TPSA) is 26.3 Å². The van der Waals surface area contributed by atoms with Crippen LogP contribution in [0.2, 0.25) is 0 Å². The van der Waals surface area contributed by atoms with Crippen molar-refractivity contribution in [1.82, 2.24) is 0 Å². The molecule has 0 bridgehead atoms. The van der Waals surface area contributed by atoms with Gasteiger partial charge in [-0.25, -0.2) is 0 Å². The molecule has 0 unspecified atom stereocenters. The van der Waals surface area contributed by atoms with Crippen LogP contribution < -0.4 is 0 Å². The lowest BCUT2D eigenvalue weighted by molar-refractivity contribution is -0.151. The van der Waals surface area contributed by atoms with E-state index in [9.17, 15) is 4.79 Å². The average Bonchev–Trinajstić information content (AvgIpc) is 2.14. The molecule has 0 aliphatic rings. The standard InChI is InChI=1S/C13H22O2/c1-5-6-7-8-9-10-11-15-12(14)13(2,3)4/h5,9-10H,1,6-8,11H2,2-4H3. The van der Waals surface area contributed by atoms with Gasteiger partial charge < -0.3 is 4.74 Å². The van der Waals surface area contributed by atoms with Gasteiger partial charge >= 0.3 is 5.97 Å². The van der Waals surface area contributed by atoms with E-state index in [1.54, 1.807) is 0 Å². The summed E-state index contributed by atoms with van der Waals surface area (Å²) in [6.45, 7) is 9.58. The number of esters is 1. The number of allylic oxidation sites excluding steroid dienone is 2. The van der Waals surface area contributed by atoms with E-state index in [0.717, 1.165) is 19.3 Å². The predicted molar refractivity (Wildman–Crippen MR) is 63.6 cm³/mol. The zero-order chi connectivity index (χ0) is 11.7. The number of hydrogen-bond acceptors (Lipinski definition) is 2. The first-order chi connectivity index (χ1) is 6.98. The van der Waals surface area contributed by atoms with Gasteiger partial charge in [0.05, 0.1) is 5.41 Å². The lowest BCUT2D eigenvalue weighted by Crippen LogP contribution is -2.22. The summed E-state index contributed by atoms with van der Waals surface area (Å²) in [6, 6.07) is 0. The number of carbonyl (C=O) groups is 1. The van der Waals surface area contributed by atoms with Crippen molar-refractivity contribution in [3.8, 4) is 0 Å². The third kappa shape index (κ3) is 7.98. The van der Waals surface area contributed by atoms with Crippen molar-refractivity contribution in [1.29, 1.82) is 0 Å².